The van der Waals surface area contributed by atoms with Gasteiger partial charge in [-0.1, -0.05) is 80.6 Å². The van der Waals surface area contributed by atoms with Gasteiger partial charge in [-0.25, -0.2) is 9.59 Å². The van der Waals surface area contributed by atoms with Gasteiger partial charge < -0.3 is 9.84 Å². The van der Waals surface area contributed by atoms with Crippen molar-refractivity contribution in [3.05, 3.63) is 59.7 Å². The molecule has 1 atom stereocenters. The molecule has 2 N–H and O–H groups in total. The van der Waals surface area contributed by atoms with E-state index in [0.717, 1.165) is 41.5 Å². The molecule has 2 aromatic rings. The Balaban J connectivity index is 1.39. The van der Waals surface area contributed by atoms with Crippen LogP contribution in [0, 0.1) is 5.92 Å². The fourth-order valence-electron chi connectivity index (χ4n) is 4.90. The Morgan fingerprint density at radius 2 is 1.58 bits per heavy atom. The molecule has 31 heavy (non-hydrogen) atoms. The fourth-order valence-corrected chi connectivity index (χ4v) is 5.43. The molecule has 4 rings (SSSR count). The molecule has 1 fully saturated rings. The summed E-state index contributed by atoms with van der Waals surface area (Å²) in [5, 5.41) is 12.4. The number of carboxylic acid groups (broad SMARTS) is 1. The van der Waals surface area contributed by atoms with Crippen LogP contribution in [0.3, 0.4) is 0 Å². The monoisotopic (exact) mass is 533 g/mol. The van der Waals surface area contributed by atoms with E-state index >= 15 is 0 Å². The van der Waals surface area contributed by atoms with Crippen LogP contribution >= 0.6 is 22.6 Å². The molecule has 164 valence electrons. The molecule has 0 saturated heterocycles. The predicted molar refractivity (Wildman–Crippen MR) is 128 cm³/mol. The summed E-state index contributed by atoms with van der Waals surface area (Å²) in [6.45, 7) is 0.175. The molecule has 0 bridgehead atoms. The number of amides is 1. The molecule has 5 nitrogen and oxygen atoms in total. The first-order valence-corrected chi connectivity index (χ1v) is 12.1. The maximum absolute atomic E-state index is 12.6. The van der Waals surface area contributed by atoms with Crippen molar-refractivity contribution in [2.24, 2.45) is 5.92 Å². The van der Waals surface area contributed by atoms with Crippen LogP contribution in [0.5, 0.6) is 0 Å². The Morgan fingerprint density at radius 3 is 2.16 bits per heavy atom. The second-order valence-corrected chi connectivity index (χ2v) is 10.4. The van der Waals surface area contributed by atoms with Crippen molar-refractivity contribution in [2.45, 2.75) is 54.4 Å². The Hall–Kier alpha value is -2.09. The SMILES string of the molecule is O=C(NC(I)(CCC1CCCCC1)C(=O)O)OCC1c2ccccc2-c2ccccc21. The molecule has 1 saturated carbocycles. The van der Waals surface area contributed by atoms with E-state index in [9.17, 15) is 14.7 Å². The second-order valence-electron chi connectivity index (χ2n) is 8.60. The molecular formula is C25H28INO4. The van der Waals surface area contributed by atoms with E-state index in [0.29, 0.717) is 12.3 Å². The number of rotatable bonds is 7. The highest BCUT2D eigenvalue weighted by atomic mass is 127. The van der Waals surface area contributed by atoms with Gasteiger partial charge in [0.05, 0.1) is 0 Å². The summed E-state index contributed by atoms with van der Waals surface area (Å²) in [7, 11) is 0. The third-order valence-corrected chi connectivity index (χ3v) is 7.88. The molecule has 1 amide bonds. The van der Waals surface area contributed by atoms with E-state index in [1.54, 1.807) is 0 Å². The van der Waals surface area contributed by atoms with E-state index in [2.05, 4.69) is 29.6 Å². The van der Waals surface area contributed by atoms with Crippen LogP contribution in [0.4, 0.5) is 4.79 Å². The second kappa shape index (κ2) is 9.59. The average Bonchev–Trinajstić information content (AvgIpc) is 3.11. The maximum atomic E-state index is 12.6. The van der Waals surface area contributed by atoms with Crippen molar-refractivity contribution in [1.82, 2.24) is 5.32 Å². The quantitative estimate of drug-likeness (QED) is 0.256. The van der Waals surface area contributed by atoms with Gasteiger partial charge in [-0.15, -0.1) is 0 Å². The van der Waals surface area contributed by atoms with Gasteiger partial charge in [0.25, 0.3) is 0 Å². The number of carbonyl (C=O) groups is 2. The number of halogens is 1. The molecule has 0 aliphatic heterocycles. The first-order valence-electron chi connectivity index (χ1n) is 11.0. The van der Waals surface area contributed by atoms with Gasteiger partial charge in [0.15, 0.2) is 3.55 Å². The van der Waals surface area contributed by atoms with Crippen molar-refractivity contribution >= 4 is 34.7 Å². The number of carboxylic acids is 1. The number of benzene rings is 2. The van der Waals surface area contributed by atoms with Crippen molar-refractivity contribution in [2.75, 3.05) is 6.61 Å². The molecule has 2 aliphatic rings. The van der Waals surface area contributed by atoms with E-state index in [4.69, 9.17) is 4.74 Å². The van der Waals surface area contributed by atoms with Crippen molar-refractivity contribution < 1.29 is 19.4 Å². The molecule has 0 heterocycles. The summed E-state index contributed by atoms with van der Waals surface area (Å²) in [6.07, 6.45) is 6.52. The highest BCUT2D eigenvalue weighted by molar-refractivity contribution is 14.1. The first-order chi connectivity index (χ1) is 15.0. The highest BCUT2D eigenvalue weighted by Crippen LogP contribution is 2.44. The van der Waals surface area contributed by atoms with Crippen LogP contribution in [0.1, 0.15) is 62.0 Å². The van der Waals surface area contributed by atoms with Crippen LogP contribution in [0.2, 0.25) is 0 Å². The topological polar surface area (TPSA) is 75.6 Å². The number of alkyl halides is 1. The Bertz CT molecular complexity index is 911. The molecule has 1 unspecified atom stereocenters. The lowest BCUT2D eigenvalue weighted by molar-refractivity contribution is -0.140. The van der Waals surface area contributed by atoms with Crippen molar-refractivity contribution in [3.8, 4) is 11.1 Å². The van der Waals surface area contributed by atoms with Crippen LogP contribution < -0.4 is 5.32 Å². The van der Waals surface area contributed by atoms with Crippen molar-refractivity contribution in [1.29, 1.82) is 0 Å². The summed E-state index contributed by atoms with van der Waals surface area (Å²) in [6, 6.07) is 16.3. The minimum atomic E-state index is -1.35. The van der Waals surface area contributed by atoms with E-state index < -0.39 is 15.6 Å². The van der Waals surface area contributed by atoms with Gasteiger partial charge in [-0.2, -0.15) is 0 Å². The van der Waals surface area contributed by atoms with Crippen molar-refractivity contribution in [3.63, 3.8) is 0 Å². The lowest BCUT2D eigenvalue weighted by Gasteiger charge is -2.28. The summed E-state index contributed by atoms with van der Waals surface area (Å²) in [5.41, 5.74) is 4.59. The minimum absolute atomic E-state index is 0.0474. The first kappa shape index (κ1) is 22.1. The number of hydrogen-bond acceptors (Lipinski definition) is 3. The summed E-state index contributed by atoms with van der Waals surface area (Å²) in [5.74, 6) is -0.530. The number of carbonyl (C=O) groups excluding carboxylic acids is 1. The number of aliphatic carboxylic acids is 1. The Kier molecular flexibility index (Phi) is 6.84. The van der Waals surface area contributed by atoms with Gasteiger partial charge in [0.2, 0.25) is 0 Å². The highest BCUT2D eigenvalue weighted by Gasteiger charge is 2.38. The summed E-state index contributed by atoms with van der Waals surface area (Å²) >= 11 is 1.85. The molecule has 6 heteroatoms. The third kappa shape index (κ3) is 4.89. The van der Waals surface area contributed by atoms with Gasteiger partial charge >= 0.3 is 12.1 Å². The van der Waals surface area contributed by atoms with E-state index in [1.807, 2.05) is 46.9 Å². The standard InChI is InChI=1S/C25H28INO4/c26-25(23(28)29,15-14-17-8-2-1-3-9-17)27-24(30)31-16-22-20-12-6-4-10-18(20)19-11-5-7-13-21(19)22/h4-7,10-13,17,22H,1-3,8-9,14-16H2,(H,27,30)(H,28,29). The lowest BCUT2D eigenvalue weighted by Crippen LogP contribution is -2.50. The largest absolute Gasteiger partial charge is 0.479 e. The van der Waals surface area contributed by atoms with Gasteiger partial charge in [-0.3, -0.25) is 5.32 Å². The Morgan fingerprint density at radius 1 is 1.00 bits per heavy atom. The van der Waals surface area contributed by atoms with Crippen LogP contribution in [0.15, 0.2) is 48.5 Å². The van der Waals surface area contributed by atoms with Crippen LogP contribution in [-0.2, 0) is 9.53 Å². The Labute approximate surface area is 196 Å². The fraction of sp³-hybridized carbons (Fsp3) is 0.440. The molecule has 0 aromatic heterocycles. The van der Waals surface area contributed by atoms with Gasteiger partial charge in [0.1, 0.15) is 6.61 Å². The minimum Gasteiger partial charge on any atom is -0.479 e. The number of ether oxygens (including phenoxy) is 1. The number of fused-ring (bicyclic) bond motifs is 3. The molecular weight excluding hydrogens is 505 g/mol. The molecule has 2 aliphatic carbocycles. The summed E-state index contributed by atoms with van der Waals surface area (Å²) < 4.78 is 4.21. The smallest absolute Gasteiger partial charge is 0.408 e. The normalized spacial score (nSPS) is 18.0. The van der Waals surface area contributed by atoms with E-state index in [1.165, 1.54) is 19.3 Å². The van der Waals surface area contributed by atoms with Crippen LogP contribution in [-0.4, -0.2) is 27.3 Å². The van der Waals surface area contributed by atoms with Crippen LogP contribution in [0.25, 0.3) is 11.1 Å². The number of hydrogen-bond donors (Lipinski definition) is 2. The molecule has 0 radical (unpaired) electrons. The van der Waals surface area contributed by atoms with Gasteiger partial charge in [0, 0.05) is 5.92 Å². The lowest BCUT2D eigenvalue weighted by atomic mass is 9.85. The third-order valence-electron chi connectivity index (χ3n) is 6.60. The zero-order valence-corrected chi connectivity index (χ0v) is 19.6. The number of alkyl carbamates (subject to hydrolysis) is 1. The summed E-state index contributed by atoms with van der Waals surface area (Å²) in [4.78, 5) is 24.5. The zero-order chi connectivity index (χ0) is 21.8. The average molecular weight is 533 g/mol. The van der Waals surface area contributed by atoms with E-state index in [-0.39, 0.29) is 12.5 Å². The number of nitrogens with one attached hydrogen (secondary N) is 1. The predicted octanol–water partition coefficient (Wildman–Crippen LogP) is 6.10. The molecule has 0 spiro atoms. The maximum Gasteiger partial charge on any atom is 0.408 e. The zero-order valence-electron chi connectivity index (χ0n) is 17.5. The van der Waals surface area contributed by atoms with Gasteiger partial charge in [-0.05, 0) is 63.6 Å². The molecule has 2 aromatic carbocycles.